The zero-order valence-electron chi connectivity index (χ0n) is 18.1. The minimum atomic E-state index is -4.65. The summed E-state index contributed by atoms with van der Waals surface area (Å²) in [5, 5.41) is 3.35. The Morgan fingerprint density at radius 2 is 1.90 bits per heavy atom. The molecule has 0 atom stereocenters. The molecule has 168 valence electrons. The molecular formula is C22H28F3N5O. The second-order valence-corrected chi connectivity index (χ2v) is 7.83. The average Bonchev–Trinajstić information content (AvgIpc) is 3.32. The SMILES string of the molecule is CCCCCCc1nc2cc(/C=C/c3noc(C(F)(F)F)n3)ccc2n1CCN(C)C. The summed E-state index contributed by atoms with van der Waals surface area (Å²) in [6.07, 6.45) is 4.04. The lowest BCUT2D eigenvalue weighted by Crippen LogP contribution is -2.19. The van der Waals surface area contributed by atoms with Crippen molar-refractivity contribution in [3.63, 3.8) is 0 Å². The standard InChI is InChI=1S/C22H28F3N5O/c1-4-5-6-7-8-20-26-17-15-16(9-11-18(17)30(20)14-13-29(2)3)10-12-19-27-21(31-28-19)22(23,24)25/h9-12,15H,4-8,13-14H2,1-3H3/b12-10+. The Bertz CT molecular complexity index is 1020. The predicted molar refractivity (Wildman–Crippen MR) is 114 cm³/mol. The Labute approximate surface area is 179 Å². The Hall–Kier alpha value is -2.68. The molecule has 2 heterocycles. The highest BCUT2D eigenvalue weighted by atomic mass is 19.4. The average molecular weight is 435 g/mol. The number of imidazole rings is 1. The third-order valence-corrected chi connectivity index (χ3v) is 4.99. The molecule has 0 saturated carbocycles. The van der Waals surface area contributed by atoms with Crippen LogP contribution in [-0.2, 0) is 19.1 Å². The number of aromatic nitrogens is 4. The Morgan fingerprint density at radius 1 is 1.10 bits per heavy atom. The molecule has 0 aliphatic carbocycles. The van der Waals surface area contributed by atoms with Crippen molar-refractivity contribution in [3.8, 4) is 0 Å². The summed E-state index contributed by atoms with van der Waals surface area (Å²) in [5.74, 6) is -0.405. The van der Waals surface area contributed by atoms with E-state index < -0.39 is 12.1 Å². The van der Waals surface area contributed by atoms with E-state index in [9.17, 15) is 13.2 Å². The largest absolute Gasteiger partial charge is 0.471 e. The van der Waals surface area contributed by atoms with E-state index in [2.05, 4.69) is 31.1 Å². The molecule has 0 N–H and O–H groups in total. The maximum absolute atomic E-state index is 12.6. The molecule has 0 bridgehead atoms. The van der Waals surface area contributed by atoms with Gasteiger partial charge in [0.25, 0.3) is 0 Å². The summed E-state index contributed by atoms with van der Waals surface area (Å²) in [6.45, 7) is 3.96. The third kappa shape index (κ3) is 6.16. The van der Waals surface area contributed by atoms with Gasteiger partial charge in [0.05, 0.1) is 11.0 Å². The Morgan fingerprint density at radius 3 is 2.58 bits per heavy atom. The van der Waals surface area contributed by atoms with Crippen LogP contribution >= 0.6 is 0 Å². The molecule has 0 spiro atoms. The van der Waals surface area contributed by atoms with Gasteiger partial charge in [0.2, 0.25) is 0 Å². The number of unbranched alkanes of at least 4 members (excludes halogenated alkanes) is 3. The number of aryl methyl sites for hydroxylation is 1. The van der Waals surface area contributed by atoms with Crippen LogP contribution < -0.4 is 0 Å². The van der Waals surface area contributed by atoms with Crippen LogP contribution in [0.5, 0.6) is 0 Å². The van der Waals surface area contributed by atoms with Gasteiger partial charge in [0.1, 0.15) is 5.82 Å². The third-order valence-electron chi connectivity index (χ3n) is 4.99. The summed E-state index contributed by atoms with van der Waals surface area (Å²) in [5.41, 5.74) is 2.74. The molecule has 31 heavy (non-hydrogen) atoms. The fraction of sp³-hybridized carbons (Fsp3) is 0.500. The lowest BCUT2D eigenvalue weighted by Gasteiger charge is -2.13. The Balaban J connectivity index is 1.82. The second kappa shape index (κ2) is 10.1. The summed E-state index contributed by atoms with van der Waals surface area (Å²) < 4.78 is 44.3. The molecular weight excluding hydrogens is 407 g/mol. The van der Waals surface area contributed by atoms with Gasteiger partial charge in [-0.2, -0.15) is 18.2 Å². The molecule has 2 aromatic heterocycles. The summed E-state index contributed by atoms with van der Waals surface area (Å²) >= 11 is 0. The molecule has 0 saturated heterocycles. The van der Waals surface area contributed by atoms with E-state index in [1.165, 1.54) is 25.3 Å². The van der Waals surface area contributed by atoms with Crippen molar-refractivity contribution in [2.45, 2.75) is 51.7 Å². The van der Waals surface area contributed by atoms with E-state index in [0.717, 1.165) is 48.4 Å². The molecule has 6 nitrogen and oxygen atoms in total. The van der Waals surface area contributed by atoms with Crippen LogP contribution in [0.15, 0.2) is 22.7 Å². The zero-order valence-corrected chi connectivity index (χ0v) is 18.1. The first-order valence-corrected chi connectivity index (χ1v) is 10.5. The van der Waals surface area contributed by atoms with E-state index in [0.29, 0.717) is 0 Å². The molecule has 0 unspecified atom stereocenters. The van der Waals surface area contributed by atoms with Crippen molar-refractivity contribution in [2.75, 3.05) is 20.6 Å². The van der Waals surface area contributed by atoms with Gasteiger partial charge in [-0.3, -0.25) is 0 Å². The fourth-order valence-corrected chi connectivity index (χ4v) is 3.34. The van der Waals surface area contributed by atoms with Gasteiger partial charge in [0, 0.05) is 19.5 Å². The summed E-state index contributed by atoms with van der Waals surface area (Å²) in [6, 6.07) is 5.85. The lowest BCUT2D eigenvalue weighted by molar-refractivity contribution is -0.159. The first kappa shape index (κ1) is 23.0. The van der Waals surface area contributed by atoms with Crippen molar-refractivity contribution in [3.05, 3.63) is 41.3 Å². The number of alkyl halides is 3. The number of likely N-dealkylation sites (N-methyl/N-ethyl adjacent to an activating group) is 1. The second-order valence-electron chi connectivity index (χ2n) is 7.83. The first-order chi connectivity index (χ1) is 14.8. The molecule has 0 aliphatic rings. The van der Waals surface area contributed by atoms with Gasteiger partial charge in [-0.1, -0.05) is 43.5 Å². The minimum Gasteiger partial charge on any atom is -0.329 e. The highest BCUT2D eigenvalue weighted by Gasteiger charge is 2.38. The van der Waals surface area contributed by atoms with E-state index in [4.69, 9.17) is 4.98 Å². The number of hydrogen-bond acceptors (Lipinski definition) is 5. The maximum atomic E-state index is 12.6. The molecule has 3 rings (SSSR count). The van der Waals surface area contributed by atoms with Crippen LogP contribution in [0.25, 0.3) is 23.2 Å². The Kier molecular flexibility index (Phi) is 7.48. The molecule has 9 heteroatoms. The molecule has 0 amide bonds. The predicted octanol–water partition coefficient (Wildman–Crippen LogP) is 5.29. The number of hydrogen-bond donors (Lipinski definition) is 0. The minimum absolute atomic E-state index is 0.124. The lowest BCUT2D eigenvalue weighted by atomic mass is 10.1. The maximum Gasteiger partial charge on any atom is 0.471 e. The zero-order chi connectivity index (χ0) is 22.4. The summed E-state index contributed by atoms with van der Waals surface area (Å²) in [4.78, 5) is 10.3. The van der Waals surface area contributed by atoms with Gasteiger partial charge in [0.15, 0.2) is 5.82 Å². The van der Waals surface area contributed by atoms with Crippen molar-refractivity contribution in [2.24, 2.45) is 0 Å². The number of rotatable bonds is 10. The van der Waals surface area contributed by atoms with Gasteiger partial charge in [-0.05, 0) is 44.3 Å². The van der Waals surface area contributed by atoms with Gasteiger partial charge >= 0.3 is 12.1 Å². The van der Waals surface area contributed by atoms with Crippen molar-refractivity contribution < 1.29 is 17.7 Å². The highest BCUT2D eigenvalue weighted by molar-refractivity contribution is 5.81. The van der Waals surface area contributed by atoms with Crippen LogP contribution in [0.4, 0.5) is 13.2 Å². The first-order valence-electron chi connectivity index (χ1n) is 10.5. The number of fused-ring (bicyclic) bond motifs is 1. The van der Waals surface area contributed by atoms with Crippen LogP contribution in [0.3, 0.4) is 0 Å². The highest BCUT2D eigenvalue weighted by Crippen LogP contribution is 2.27. The van der Waals surface area contributed by atoms with E-state index >= 15 is 0 Å². The molecule has 0 fully saturated rings. The van der Waals surface area contributed by atoms with Crippen LogP contribution in [0.1, 0.15) is 55.7 Å². The molecule has 1 aromatic carbocycles. The number of halogens is 3. The van der Waals surface area contributed by atoms with E-state index in [-0.39, 0.29) is 5.82 Å². The van der Waals surface area contributed by atoms with Crippen molar-refractivity contribution in [1.29, 1.82) is 0 Å². The molecule has 3 aromatic rings. The van der Waals surface area contributed by atoms with Crippen LogP contribution in [-0.4, -0.2) is 45.2 Å². The van der Waals surface area contributed by atoms with Gasteiger partial charge in [-0.25, -0.2) is 4.98 Å². The smallest absolute Gasteiger partial charge is 0.329 e. The molecule has 0 aliphatic heterocycles. The quantitative estimate of drug-likeness (QED) is 0.405. The van der Waals surface area contributed by atoms with Gasteiger partial charge < -0.3 is 14.0 Å². The fourth-order valence-electron chi connectivity index (χ4n) is 3.34. The van der Waals surface area contributed by atoms with Crippen LogP contribution in [0.2, 0.25) is 0 Å². The van der Waals surface area contributed by atoms with E-state index in [1.807, 2.05) is 32.3 Å². The summed E-state index contributed by atoms with van der Waals surface area (Å²) in [7, 11) is 4.09. The van der Waals surface area contributed by atoms with Crippen molar-refractivity contribution in [1.82, 2.24) is 24.6 Å². The molecule has 0 radical (unpaired) electrons. The number of benzene rings is 1. The normalized spacial score (nSPS) is 12.6. The van der Waals surface area contributed by atoms with E-state index in [1.54, 1.807) is 6.08 Å². The monoisotopic (exact) mass is 435 g/mol. The topological polar surface area (TPSA) is 60.0 Å². The van der Waals surface area contributed by atoms with Crippen LogP contribution in [0, 0.1) is 0 Å². The van der Waals surface area contributed by atoms with Crippen molar-refractivity contribution >= 4 is 23.2 Å². The van der Waals surface area contributed by atoms with Gasteiger partial charge in [-0.15, -0.1) is 0 Å². The number of nitrogens with zero attached hydrogens (tertiary/aromatic N) is 5.